The zero-order chi connectivity index (χ0) is 19.7. The Bertz CT molecular complexity index is 1050. The third-order valence-corrected chi connectivity index (χ3v) is 9.00. The van der Waals surface area contributed by atoms with Gasteiger partial charge in [-0.15, -0.1) is 0 Å². The molecule has 1 N–H and O–H groups in total. The zero-order valence-corrected chi connectivity index (χ0v) is 16.6. The fourth-order valence-corrected chi connectivity index (χ4v) is 6.72. The van der Waals surface area contributed by atoms with Gasteiger partial charge in [-0.05, 0) is 24.3 Å². The van der Waals surface area contributed by atoms with E-state index in [0.29, 0.717) is 5.39 Å². The fourth-order valence-electron chi connectivity index (χ4n) is 3.36. The van der Waals surface area contributed by atoms with Gasteiger partial charge in [0.15, 0.2) is 9.84 Å². The highest BCUT2D eigenvalue weighted by atomic mass is 32.2. The van der Waals surface area contributed by atoms with Crippen LogP contribution in [0.2, 0.25) is 0 Å². The number of amides is 1. The van der Waals surface area contributed by atoms with Gasteiger partial charge in [-0.2, -0.15) is 4.31 Å². The number of benzene rings is 2. The maximum absolute atomic E-state index is 13.1. The van der Waals surface area contributed by atoms with Crippen molar-refractivity contribution >= 4 is 36.5 Å². The predicted octanol–water partition coefficient (Wildman–Crippen LogP) is 1.15. The topological polar surface area (TPSA) is 101 Å². The lowest BCUT2D eigenvalue weighted by molar-refractivity contribution is -0.118. The van der Waals surface area contributed by atoms with Crippen LogP contribution in [0.3, 0.4) is 0 Å². The highest BCUT2D eigenvalue weighted by Gasteiger charge is 2.36. The summed E-state index contributed by atoms with van der Waals surface area (Å²) in [5, 5.41) is 3.09. The van der Waals surface area contributed by atoms with Crippen LogP contribution in [0.15, 0.2) is 47.4 Å². The predicted molar refractivity (Wildman–Crippen MR) is 104 cm³/mol. The third-order valence-electron chi connectivity index (χ3n) is 4.89. The van der Waals surface area contributed by atoms with Crippen molar-refractivity contribution in [3.05, 3.63) is 42.5 Å². The number of fused-ring (bicyclic) bond motifs is 1. The van der Waals surface area contributed by atoms with Crippen molar-refractivity contribution in [2.24, 2.45) is 0 Å². The average molecular weight is 411 g/mol. The van der Waals surface area contributed by atoms with E-state index in [2.05, 4.69) is 5.32 Å². The number of nitrogens with zero attached hydrogens (tertiary/aromatic N) is 1. The van der Waals surface area contributed by atoms with E-state index in [0.717, 1.165) is 5.39 Å². The molecule has 0 spiro atoms. The van der Waals surface area contributed by atoms with Crippen LogP contribution in [0.1, 0.15) is 12.8 Å². The lowest BCUT2D eigenvalue weighted by atomic mass is 10.1. The molecule has 9 heteroatoms. The van der Waals surface area contributed by atoms with Crippen molar-refractivity contribution in [3.8, 4) is 0 Å². The molecular formula is C18H22N2O5S2. The summed E-state index contributed by atoms with van der Waals surface area (Å²) in [6.45, 7) is 0.229. The largest absolute Gasteiger partial charge is 0.358 e. The van der Waals surface area contributed by atoms with Gasteiger partial charge in [0.05, 0.1) is 10.1 Å². The summed E-state index contributed by atoms with van der Waals surface area (Å²) in [5.74, 6) is -1.12. The van der Waals surface area contributed by atoms with Gasteiger partial charge < -0.3 is 5.32 Å². The SMILES string of the molecule is CNC(=O)CS(=O)(=O)C1CCN(S(=O)(=O)c2cccc3ccccc23)CC1. The third kappa shape index (κ3) is 3.99. The molecule has 0 atom stereocenters. The average Bonchev–Trinajstić information content (AvgIpc) is 2.67. The number of rotatable bonds is 5. The minimum absolute atomic E-state index is 0.114. The Hall–Kier alpha value is -1.97. The van der Waals surface area contributed by atoms with E-state index >= 15 is 0 Å². The Morgan fingerprint density at radius 2 is 1.67 bits per heavy atom. The number of nitrogens with one attached hydrogen (secondary N) is 1. The maximum atomic E-state index is 13.1. The van der Waals surface area contributed by atoms with Crippen LogP contribution in [0.5, 0.6) is 0 Å². The van der Waals surface area contributed by atoms with Crippen molar-refractivity contribution in [1.82, 2.24) is 9.62 Å². The number of carbonyl (C=O) groups is 1. The molecule has 2 aromatic carbocycles. The number of sulfone groups is 1. The molecule has 27 heavy (non-hydrogen) atoms. The first-order valence-electron chi connectivity index (χ1n) is 8.66. The molecule has 1 amide bonds. The Balaban J connectivity index is 1.80. The molecular weight excluding hydrogens is 388 g/mol. The molecule has 1 aliphatic heterocycles. The first-order valence-corrected chi connectivity index (χ1v) is 11.8. The molecule has 1 fully saturated rings. The standard InChI is InChI=1S/C18H22N2O5S2/c1-19-18(21)13-26(22,23)15-9-11-20(12-10-15)27(24,25)17-8-4-6-14-5-2-3-7-16(14)17/h2-8,15H,9-13H2,1H3,(H,19,21). The van der Waals surface area contributed by atoms with Crippen LogP contribution in [-0.4, -0.2) is 58.2 Å². The summed E-state index contributed by atoms with van der Waals surface area (Å²) in [5.41, 5.74) is 0. The molecule has 1 heterocycles. The van der Waals surface area contributed by atoms with E-state index in [9.17, 15) is 21.6 Å². The van der Waals surface area contributed by atoms with E-state index < -0.39 is 36.8 Å². The number of sulfonamides is 1. The first-order chi connectivity index (χ1) is 12.8. The van der Waals surface area contributed by atoms with Crippen molar-refractivity contribution in [2.45, 2.75) is 23.0 Å². The van der Waals surface area contributed by atoms with Gasteiger partial charge in [0.1, 0.15) is 5.75 Å². The molecule has 0 unspecified atom stereocenters. The lowest BCUT2D eigenvalue weighted by Gasteiger charge is -2.31. The van der Waals surface area contributed by atoms with E-state index in [1.54, 1.807) is 24.3 Å². The van der Waals surface area contributed by atoms with Crippen molar-refractivity contribution in [3.63, 3.8) is 0 Å². The van der Waals surface area contributed by atoms with E-state index in [-0.39, 0.29) is 30.8 Å². The molecule has 0 aromatic heterocycles. The van der Waals surface area contributed by atoms with Gasteiger partial charge in [0, 0.05) is 25.5 Å². The summed E-state index contributed by atoms with van der Waals surface area (Å²) >= 11 is 0. The second-order valence-corrected chi connectivity index (χ2v) is 10.7. The maximum Gasteiger partial charge on any atom is 0.243 e. The molecule has 1 aliphatic rings. The normalized spacial score (nSPS) is 17.1. The Morgan fingerprint density at radius 3 is 2.33 bits per heavy atom. The Morgan fingerprint density at radius 1 is 1.04 bits per heavy atom. The van der Waals surface area contributed by atoms with Crippen LogP contribution in [0.4, 0.5) is 0 Å². The van der Waals surface area contributed by atoms with Crippen LogP contribution in [-0.2, 0) is 24.7 Å². The van der Waals surface area contributed by atoms with Crippen molar-refractivity contribution in [1.29, 1.82) is 0 Å². The van der Waals surface area contributed by atoms with E-state index in [1.165, 1.54) is 11.4 Å². The van der Waals surface area contributed by atoms with Crippen LogP contribution in [0, 0.1) is 0 Å². The zero-order valence-electron chi connectivity index (χ0n) is 15.0. The van der Waals surface area contributed by atoms with Crippen molar-refractivity contribution < 1.29 is 21.6 Å². The second-order valence-electron chi connectivity index (χ2n) is 6.56. The molecule has 0 bridgehead atoms. The molecule has 146 valence electrons. The van der Waals surface area contributed by atoms with Gasteiger partial charge in [-0.1, -0.05) is 36.4 Å². The highest BCUT2D eigenvalue weighted by molar-refractivity contribution is 7.92. The summed E-state index contributed by atoms with van der Waals surface area (Å²) < 4.78 is 52.2. The number of hydrogen-bond acceptors (Lipinski definition) is 5. The minimum Gasteiger partial charge on any atom is -0.358 e. The summed E-state index contributed by atoms with van der Waals surface area (Å²) in [4.78, 5) is 11.6. The Labute approximate surface area is 159 Å². The molecule has 0 aliphatic carbocycles. The molecule has 3 rings (SSSR count). The quantitative estimate of drug-likeness (QED) is 0.797. The van der Waals surface area contributed by atoms with Gasteiger partial charge in [0.2, 0.25) is 15.9 Å². The first kappa shape index (κ1) is 19.8. The van der Waals surface area contributed by atoms with Gasteiger partial charge in [-0.25, -0.2) is 16.8 Å². The lowest BCUT2D eigenvalue weighted by Crippen LogP contribution is -2.44. The fraction of sp³-hybridized carbons (Fsp3) is 0.389. The second kappa shape index (κ2) is 7.57. The number of hydrogen-bond donors (Lipinski definition) is 1. The van der Waals surface area contributed by atoms with E-state index in [4.69, 9.17) is 0 Å². The van der Waals surface area contributed by atoms with Gasteiger partial charge in [-0.3, -0.25) is 4.79 Å². The highest BCUT2D eigenvalue weighted by Crippen LogP contribution is 2.29. The smallest absolute Gasteiger partial charge is 0.243 e. The van der Waals surface area contributed by atoms with Crippen LogP contribution < -0.4 is 5.32 Å². The molecule has 0 saturated carbocycles. The van der Waals surface area contributed by atoms with Crippen molar-refractivity contribution in [2.75, 3.05) is 25.9 Å². The summed E-state index contributed by atoms with van der Waals surface area (Å²) in [7, 11) is -5.94. The van der Waals surface area contributed by atoms with Crippen LogP contribution >= 0.6 is 0 Å². The minimum atomic E-state index is -3.73. The molecule has 0 radical (unpaired) electrons. The summed E-state index contributed by atoms with van der Waals surface area (Å²) in [6.07, 6.45) is 0.368. The number of piperidine rings is 1. The molecule has 2 aromatic rings. The van der Waals surface area contributed by atoms with Gasteiger partial charge in [0.25, 0.3) is 0 Å². The molecule has 7 nitrogen and oxygen atoms in total. The number of carbonyl (C=O) groups excluding carboxylic acids is 1. The summed E-state index contributed by atoms with van der Waals surface area (Å²) in [6, 6.07) is 12.4. The van der Waals surface area contributed by atoms with Crippen LogP contribution in [0.25, 0.3) is 10.8 Å². The van der Waals surface area contributed by atoms with Gasteiger partial charge >= 0.3 is 0 Å². The monoisotopic (exact) mass is 410 g/mol. The molecule has 1 saturated heterocycles. The van der Waals surface area contributed by atoms with E-state index in [1.807, 2.05) is 18.2 Å². The Kier molecular flexibility index (Phi) is 5.55.